The van der Waals surface area contributed by atoms with E-state index in [9.17, 15) is 14.4 Å². The zero-order valence-corrected chi connectivity index (χ0v) is 19.5. The number of carbonyl (C=O) groups is 3. The Morgan fingerprint density at radius 1 is 1.03 bits per heavy atom. The second kappa shape index (κ2) is 11.9. The summed E-state index contributed by atoms with van der Waals surface area (Å²) in [6.07, 6.45) is 7.88. The lowest BCUT2D eigenvalue weighted by Gasteiger charge is -2.34. The van der Waals surface area contributed by atoms with Gasteiger partial charge >= 0.3 is 5.97 Å². The molecule has 7 heteroatoms. The Morgan fingerprint density at radius 2 is 1.75 bits per heavy atom. The number of esters is 1. The summed E-state index contributed by atoms with van der Waals surface area (Å²) in [4.78, 5) is 39.4. The molecule has 0 atom stereocenters. The molecule has 2 amide bonds. The molecule has 2 N–H and O–H groups in total. The molecule has 1 saturated carbocycles. The topological polar surface area (TPSA) is 87.7 Å². The van der Waals surface area contributed by atoms with E-state index in [0.717, 1.165) is 57.3 Å². The number of anilines is 2. The van der Waals surface area contributed by atoms with Crippen molar-refractivity contribution in [3.05, 3.63) is 23.8 Å². The number of rotatable bonds is 8. The van der Waals surface area contributed by atoms with Gasteiger partial charge in [0.25, 0.3) is 5.91 Å². The Hall–Kier alpha value is -2.57. The maximum atomic E-state index is 13.3. The molecule has 0 radical (unpaired) electrons. The van der Waals surface area contributed by atoms with Crippen molar-refractivity contribution >= 4 is 29.2 Å². The van der Waals surface area contributed by atoms with Crippen molar-refractivity contribution in [2.75, 3.05) is 29.9 Å². The van der Waals surface area contributed by atoms with Gasteiger partial charge in [-0.15, -0.1) is 0 Å². The van der Waals surface area contributed by atoms with E-state index in [0.29, 0.717) is 23.8 Å². The van der Waals surface area contributed by atoms with E-state index >= 15 is 0 Å². The van der Waals surface area contributed by atoms with Crippen molar-refractivity contribution in [3.63, 3.8) is 0 Å². The highest BCUT2D eigenvalue weighted by atomic mass is 16.5. The van der Waals surface area contributed by atoms with Crippen LogP contribution in [0.1, 0.15) is 82.0 Å². The third-order valence-corrected chi connectivity index (χ3v) is 6.45. The van der Waals surface area contributed by atoms with Crippen molar-refractivity contribution in [2.45, 2.75) is 77.7 Å². The van der Waals surface area contributed by atoms with Crippen molar-refractivity contribution in [3.8, 4) is 0 Å². The summed E-state index contributed by atoms with van der Waals surface area (Å²) in [7, 11) is 0. The van der Waals surface area contributed by atoms with Gasteiger partial charge in [-0.2, -0.15) is 0 Å². The van der Waals surface area contributed by atoms with Crippen LogP contribution in [0.4, 0.5) is 11.4 Å². The second-order valence-corrected chi connectivity index (χ2v) is 9.06. The number of nitrogens with zero attached hydrogens (tertiary/aromatic N) is 1. The Balaban J connectivity index is 1.73. The van der Waals surface area contributed by atoms with Crippen LogP contribution in [0, 0.1) is 5.92 Å². The van der Waals surface area contributed by atoms with E-state index in [-0.39, 0.29) is 36.7 Å². The lowest BCUT2D eigenvalue weighted by molar-refractivity contribution is -0.144. The molecule has 0 spiro atoms. The summed E-state index contributed by atoms with van der Waals surface area (Å²) in [6, 6.07) is 5.77. The van der Waals surface area contributed by atoms with Crippen LogP contribution in [-0.2, 0) is 14.3 Å². The molecule has 1 heterocycles. The molecule has 3 rings (SSSR count). The van der Waals surface area contributed by atoms with E-state index < -0.39 is 0 Å². The van der Waals surface area contributed by atoms with Crippen molar-refractivity contribution in [2.24, 2.45) is 5.92 Å². The molecule has 1 saturated heterocycles. The maximum Gasteiger partial charge on any atom is 0.306 e. The van der Waals surface area contributed by atoms with Crippen LogP contribution in [-0.4, -0.2) is 43.5 Å². The number of hydrogen-bond donors (Lipinski definition) is 2. The summed E-state index contributed by atoms with van der Waals surface area (Å²) in [5.41, 5.74) is 2.10. The predicted octanol–water partition coefficient (Wildman–Crippen LogP) is 4.27. The van der Waals surface area contributed by atoms with Crippen LogP contribution in [0.5, 0.6) is 0 Å². The minimum Gasteiger partial charge on any atom is -0.466 e. The van der Waals surface area contributed by atoms with Gasteiger partial charge in [-0.1, -0.05) is 26.2 Å². The van der Waals surface area contributed by atoms with Crippen molar-refractivity contribution in [1.29, 1.82) is 0 Å². The summed E-state index contributed by atoms with van der Waals surface area (Å²) in [5.74, 6) is -0.0296. The fourth-order valence-corrected chi connectivity index (χ4v) is 4.50. The highest BCUT2D eigenvalue weighted by Crippen LogP contribution is 2.29. The van der Waals surface area contributed by atoms with Crippen LogP contribution in [0.3, 0.4) is 0 Å². The van der Waals surface area contributed by atoms with Crippen molar-refractivity contribution in [1.82, 2.24) is 5.32 Å². The first-order valence-corrected chi connectivity index (χ1v) is 12.1. The van der Waals surface area contributed by atoms with Crippen molar-refractivity contribution < 1.29 is 19.1 Å². The fourth-order valence-electron chi connectivity index (χ4n) is 4.50. The molecular formula is C25H37N3O4. The number of ether oxygens (including phenoxy) is 1. The molecular weight excluding hydrogens is 406 g/mol. The zero-order valence-electron chi connectivity index (χ0n) is 19.5. The molecule has 0 unspecified atom stereocenters. The monoisotopic (exact) mass is 443 g/mol. The predicted molar refractivity (Wildman–Crippen MR) is 126 cm³/mol. The van der Waals surface area contributed by atoms with Gasteiger partial charge in [-0.3, -0.25) is 14.4 Å². The van der Waals surface area contributed by atoms with E-state index in [1.807, 2.05) is 12.1 Å². The lowest BCUT2D eigenvalue weighted by atomic mass is 9.95. The van der Waals surface area contributed by atoms with Gasteiger partial charge in [-0.05, 0) is 56.7 Å². The first kappa shape index (κ1) is 24.1. The summed E-state index contributed by atoms with van der Waals surface area (Å²) in [6.45, 7) is 6.16. The smallest absolute Gasteiger partial charge is 0.306 e. The minimum absolute atomic E-state index is 0.0404. The Kier molecular flexibility index (Phi) is 8.94. The molecule has 176 valence electrons. The van der Waals surface area contributed by atoms with E-state index in [1.54, 1.807) is 13.0 Å². The molecule has 2 fully saturated rings. The average Bonchev–Trinajstić information content (AvgIpc) is 2.79. The zero-order chi connectivity index (χ0) is 22.9. The second-order valence-electron chi connectivity index (χ2n) is 9.06. The molecule has 2 aliphatic rings. The van der Waals surface area contributed by atoms with Crippen LogP contribution in [0.2, 0.25) is 0 Å². The summed E-state index contributed by atoms with van der Waals surface area (Å²) < 4.78 is 4.88. The normalized spacial score (nSPS) is 17.6. The number of amides is 2. The molecule has 1 aliphatic carbocycles. The Labute approximate surface area is 191 Å². The fraction of sp³-hybridized carbons (Fsp3) is 0.640. The van der Waals surface area contributed by atoms with Crippen LogP contribution < -0.4 is 15.5 Å². The third kappa shape index (κ3) is 6.97. The number of benzene rings is 1. The standard InChI is InChI=1S/C25H37N3O4/c1-3-32-24(30)12-11-23(29)26-20-9-10-22(28-15-13-18(2)14-16-28)21(17-20)25(31)27-19-7-5-4-6-8-19/h9-10,17-19H,3-8,11-16H2,1-2H3,(H,26,29)(H,27,31). The average molecular weight is 444 g/mol. The van der Waals surface area contributed by atoms with Gasteiger partial charge in [0.1, 0.15) is 0 Å². The van der Waals surface area contributed by atoms with Gasteiger partial charge in [0.05, 0.1) is 18.6 Å². The van der Waals surface area contributed by atoms with E-state index in [4.69, 9.17) is 4.74 Å². The Morgan fingerprint density at radius 3 is 2.44 bits per heavy atom. The molecule has 32 heavy (non-hydrogen) atoms. The number of carbonyl (C=O) groups excluding carboxylic acids is 3. The van der Waals surface area contributed by atoms with Crippen LogP contribution in [0.15, 0.2) is 18.2 Å². The largest absolute Gasteiger partial charge is 0.466 e. The number of piperidine rings is 1. The molecule has 0 bridgehead atoms. The highest BCUT2D eigenvalue weighted by molar-refractivity contribution is 6.02. The van der Waals surface area contributed by atoms with Gasteiger partial charge in [0.15, 0.2) is 0 Å². The molecule has 1 aromatic rings. The Bertz CT molecular complexity index is 796. The number of hydrogen-bond acceptors (Lipinski definition) is 5. The summed E-state index contributed by atoms with van der Waals surface area (Å²) in [5, 5.41) is 6.05. The first-order chi connectivity index (χ1) is 15.5. The maximum absolute atomic E-state index is 13.3. The van der Waals surface area contributed by atoms with Gasteiger partial charge < -0.3 is 20.3 Å². The van der Waals surface area contributed by atoms with Gasteiger partial charge in [0.2, 0.25) is 5.91 Å². The first-order valence-electron chi connectivity index (χ1n) is 12.1. The van der Waals surface area contributed by atoms with Crippen LogP contribution >= 0.6 is 0 Å². The molecule has 1 aliphatic heterocycles. The highest BCUT2D eigenvalue weighted by Gasteiger charge is 2.24. The number of nitrogens with one attached hydrogen (secondary N) is 2. The van der Waals surface area contributed by atoms with Crippen LogP contribution in [0.25, 0.3) is 0 Å². The third-order valence-electron chi connectivity index (χ3n) is 6.45. The summed E-state index contributed by atoms with van der Waals surface area (Å²) >= 11 is 0. The van der Waals surface area contributed by atoms with Gasteiger partial charge in [0, 0.05) is 36.9 Å². The molecule has 7 nitrogen and oxygen atoms in total. The van der Waals surface area contributed by atoms with Gasteiger partial charge in [-0.25, -0.2) is 0 Å². The molecule has 0 aromatic heterocycles. The molecule has 1 aromatic carbocycles. The minimum atomic E-state index is -0.384. The van der Waals surface area contributed by atoms with E-state index in [1.165, 1.54) is 6.42 Å². The quantitative estimate of drug-likeness (QED) is 0.586. The van der Waals surface area contributed by atoms with E-state index in [2.05, 4.69) is 22.5 Å². The lowest BCUT2D eigenvalue weighted by Crippen LogP contribution is -2.38. The SMILES string of the molecule is CCOC(=O)CCC(=O)Nc1ccc(N2CCC(C)CC2)c(C(=O)NC2CCCCC2)c1.